The van der Waals surface area contributed by atoms with Gasteiger partial charge in [0, 0.05) is 51.1 Å². The van der Waals surface area contributed by atoms with Gasteiger partial charge in [-0.15, -0.1) is 0 Å². The number of nitrogens with zero attached hydrogens (tertiary/aromatic N) is 6. The van der Waals surface area contributed by atoms with Gasteiger partial charge in [-0.05, 0) is 61.2 Å². The van der Waals surface area contributed by atoms with Crippen molar-refractivity contribution in [2.45, 2.75) is 38.1 Å². The van der Waals surface area contributed by atoms with Gasteiger partial charge in [0.25, 0.3) is 0 Å². The largest absolute Gasteiger partial charge is 0.396 e. The summed E-state index contributed by atoms with van der Waals surface area (Å²) in [6, 6.07) is 9.84. The fraction of sp³-hybridized carbons (Fsp3) is 0.355. The summed E-state index contributed by atoms with van der Waals surface area (Å²) in [7, 11) is 1.61. The molecule has 0 spiro atoms. The lowest BCUT2D eigenvalue weighted by Crippen LogP contribution is -2.54. The van der Waals surface area contributed by atoms with Gasteiger partial charge in [0.1, 0.15) is 11.6 Å². The van der Waals surface area contributed by atoms with Crippen LogP contribution in [-0.4, -0.2) is 65.2 Å². The monoisotopic (exact) mass is 539 g/mol. The van der Waals surface area contributed by atoms with E-state index in [0.717, 1.165) is 41.2 Å². The number of carbonyl (C=O) groups excluding carboxylic acids is 1. The Morgan fingerprint density at radius 2 is 1.75 bits per heavy atom. The molecule has 208 valence electrons. The number of ether oxygens (including phenoxy) is 1. The number of rotatable bonds is 10. The second-order valence-corrected chi connectivity index (χ2v) is 10.3. The van der Waals surface area contributed by atoms with Crippen LogP contribution < -0.4 is 15.5 Å². The van der Waals surface area contributed by atoms with E-state index in [4.69, 9.17) is 25.4 Å². The van der Waals surface area contributed by atoms with E-state index in [1.54, 1.807) is 31.7 Å². The van der Waals surface area contributed by atoms with Crippen LogP contribution >= 0.6 is 0 Å². The molecule has 1 saturated carbocycles. The quantitative estimate of drug-likeness (QED) is 0.377. The fourth-order valence-electron chi connectivity index (χ4n) is 5.20. The molecule has 4 heterocycles. The summed E-state index contributed by atoms with van der Waals surface area (Å²) in [6.45, 7) is 12.3. The number of aromatic nitrogens is 3. The number of pyridine rings is 3. The third-order valence-electron chi connectivity index (χ3n) is 7.48. The molecular weight excluding hydrogens is 502 g/mol. The molecule has 2 fully saturated rings. The van der Waals surface area contributed by atoms with E-state index >= 15 is 0 Å². The molecule has 0 aromatic carbocycles. The zero-order valence-electron chi connectivity index (χ0n) is 23.3. The van der Waals surface area contributed by atoms with E-state index in [1.807, 2.05) is 40.1 Å². The second kappa shape index (κ2) is 11.9. The van der Waals surface area contributed by atoms with Crippen LogP contribution in [0.3, 0.4) is 0 Å². The summed E-state index contributed by atoms with van der Waals surface area (Å²) in [5.41, 5.74) is 11.1. The average molecular weight is 540 g/mol. The molecule has 0 radical (unpaired) electrons. The highest BCUT2D eigenvalue weighted by Gasteiger charge is 2.34. The van der Waals surface area contributed by atoms with Crippen molar-refractivity contribution in [1.29, 1.82) is 0 Å². The Hall–Kier alpha value is -4.24. The van der Waals surface area contributed by atoms with Gasteiger partial charge in [-0.25, -0.2) is 15.0 Å². The molecule has 0 unspecified atom stereocenters. The first-order chi connectivity index (χ1) is 19.4. The molecule has 2 aliphatic rings. The first-order valence-electron chi connectivity index (χ1n) is 13.7. The zero-order chi connectivity index (χ0) is 28.2. The van der Waals surface area contributed by atoms with Crippen LogP contribution in [0, 0.1) is 0 Å². The molecule has 9 nitrogen and oxygen atoms in total. The van der Waals surface area contributed by atoms with Crippen LogP contribution in [-0.2, 0) is 9.53 Å². The minimum Gasteiger partial charge on any atom is -0.396 e. The Labute approximate surface area is 236 Å². The summed E-state index contributed by atoms with van der Waals surface area (Å²) in [6.07, 6.45) is 9.66. The molecule has 40 heavy (non-hydrogen) atoms. The number of piperazine rings is 1. The molecule has 1 atom stereocenters. The Kier molecular flexibility index (Phi) is 8.11. The zero-order valence-corrected chi connectivity index (χ0v) is 23.3. The Bertz CT molecular complexity index is 1350. The summed E-state index contributed by atoms with van der Waals surface area (Å²) in [5.74, 6) is 2.62. The van der Waals surface area contributed by atoms with Crippen LogP contribution in [0.25, 0.3) is 12.2 Å². The van der Waals surface area contributed by atoms with Crippen LogP contribution in [0.5, 0.6) is 0 Å². The highest BCUT2D eigenvalue weighted by atomic mass is 16.5. The van der Waals surface area contributed by atoms with Crippen LogP contribution in [0.1, 0.15) is 48.9 Å². The van der Waals surface area contributed by atoms with Crippen LogP contribution in [0.4, 0.5) is 28.8 Å². The standard InChI is InChI=1S/C31H37N7O2/c1-5-22-9-12-33-27(17-22)38(28-18-23(6-2)10-13-34-28)26-19-25(32)31(35-30(26)24-7-8-24)36-14-15-37(21(3)20-36)29(39)11-16-40-4/h5-6,9-10,12-13,17-19,21,24H,1-2,7-8,11,14-16,20,32H2,3-4H3/t21-/m1/s1. The van der Waals surface area contributed by atoms with Gasteiger partial charge in [0.05, 0.1) is 30.1 Å². The number of carbonyl (C=O) groups is 1. The lowest BCUT2D eigenvalue weighted by atomic mass is 10.1. The van der Waals surface area contributed by atoms with Gasteiger partial charge in [-0.1, -0.05) is 25.3 Å². The molecule has 2 N–H and O–H groups in total. The molecular formula is C31H37N7O2. The first-order valence-corrected chi connectivity index (χ1v) is 13.7. The smallest absolute Gasteiger partial charge is 0.225 e. The fourth-order valence-corrected chi connectivity index (χ4v) is 5.20. The number of hydrogen-bond donors (Lipinski definition) is 1. The number of nitrogen functional groups attached to an aromatic ring is 1. The number of methoxy groups -OCH3 is 1. The normalized spacial score (nSPS) is 17.0. The van der Waals surface area contributed by atoms with Gasteiger partial charge in [0.2, 0.25) is 5.91 Å². The molecule has 3 aromatic heterocycles. The lowest BCUT2D eigenvalue weighted by molar-refractivity contribution is -0.134. The van der Waals surface area contributed by atoms with Gasteiger partial charge < -0.3 is 20.3 Å². The van der Waals surface area contributed by atoms with E-state index in [0.29, 0.717) is 55.9 Å². The Morgan fingerprint density at radius 1 is 1.10 bits per heavy atom. The number of anilines is 5. The van der Waals surface area contributed by atoms with Crippen LogP contribution in [0.15, 0.2) is 55.9 Å². The Morgan fingerprint density at radius 3 is 2.30 bits per heavy atom. The number of nitrogens with two attached hydrogens (primary N) is 1. The highest BCUT2D eigenvalue weighted by Crippen LogP contribution is 2.48. The van der Waals surface area contributed by atoms with Crippen molar-refractivity contribution in [2.75, 3.05) is 48.9 Å². The van der Waals surface area contributed by atoms with Crippen LogP contribution in [0.2, 0.25) is 0 Å². The third kappa shape index (κ3) is 5.70. The maximum Gasteiger partial charge on any atom is 0.225 e. The summed E-state index contributed by atoms with van der Waals surface area (Å²) >= 11 is 0. The van der Waals surface area contributed by atoms with E-state index in [-0.39, 0.29) is 11.9 Å². The molecule has 5 rings (SSSR count). The molecule has 1 aliphatic heterocycles. The van der Waals surface area contributed by atoms with Crippen molar-refractivity contribution in [3.63, 3.8) is 0 Å². The SMILES string of the molecule is C=Cc1ccnc(N(c2cc(C=C)ccn2)c2cc(N)c(N3CCN(C(=O)CCOC)[C@H](C)C3)nc2C2CC2)c1. The van der Waals surface area contributed by atoms with Gasteiger partial charge in [-0.3, -0.25) is 9.69 Å². The topological polar surface area (TPSA) is 101 Å². The summed E-state index contributed by atoms with van der Waals surface area (Å²) < 4.78 is 5.10. The number of amides is 1. The molecule has 1 saturated heterocycles. The second-order valence-electron chi connectivity index (χ2n) is 10.3. The van der Waals surface area contributed by atoms with Gasteiger partial charge >= 0.3 is 0 Å². The molecule has 0 bridgehead atoms. The van der Waals surface area contributed by atoms with Gasteiger partial charge in [-0.2, -0.15) is 0 Å². The average Bonchev–Trinajstić information content (AvgIpc) is 3.82. The lowest BCUT2D eigenvalue weighted by Gasteiger charge is -2.41. The Balaban J connectivity index is 1.54. The summed E-state index contributed by atoms with van der Waals surface area (Å²) in [4.78, 5) is 33.4. The molecule has 1 aliphatic carbocycles. The van der Waals surface area contributed by atoms with Crippen molar-refractivity contribution in [1.82, 2.24) is 19.9 Å². The maximum absolute atomic E-state index is 12.7. The van der Waals surface area contributed by atoms with E-state index in [2.05, 4.69) is 25.0 Å². The van der Waals surface area contributed by atoms with E-state index in [9.17, 15) is 4.79 Å². The van der Waals surface area contributed by atoms with Crippen molar-refractivity contribution in [3.8, 4) is 0 Å². The van der Waals surface area contributed by atoms with E-state index in [1.165, 1.54) is 0 Å². The van der Waals surface area contributed by atoms with Crippen molar-refractivity contribution < 1.29 is 9.53 Å². The van der Waals surface area contributed by atoms with Gasteiger partial charge in [0.15, 0.2) is 5.82 Å². The molecule has 1 amide bonds. The predicted molar refractivity (Wildman–Crippen MR) is 161 cm³/mol. The molecule has 3 aromatic rings. The minimum absolute atomic E-state index is 0.0385. The first kappa shape index (κ1) is 27.3. The highest BCUT2D eigenvalue weighted by molar-refractivity contribution is 5.81. The minimum atomic E-state index is 0.0385. The third-order valence-corrected chi connectivity index (χ3v) is 7.48. The maximum atomic E-state index is 12.7. The van der Waals surface area contributed by atoms with E-state index < -0.39 is 0 Å². The van der Waals surface area contributed by atoms with Crippen molar-refractivity contribution in [3.05, 3.63) is 72.7 Å². The van der Waals surface area contributed by atoms with Crippen molar-refractivity contribution >= 4 is 46.9 Å². The van der Waals surface area contributed by atoms with Crippen molar-refractivity contribution in [2.24, 2.45) is 0 Å². The predicted octanol–water partition coefficient (Wildman–Crippen LogP) is 5.16. The summed E-state index contributed by atoms with van der Waals surface area (Å²) in [5, 5.41) is 0. The molecule has 9 heteroatoms. The number of hydrogen-bond acceptors (Lipinski definition) is 8.